The van der Waals surface area contributed by atoms with E-state index in [1.807, 2.05) is 58.9 Å². The van der Waals surface area contributed by atoms with Gasteiger partial charge in [-0.1, -0.05) is 12.1 Å². The molecule has 1 aromatic carbocycles. The maximum Gasteiger partial charge on any atom is 0.494 e. The van der Waals surface area contributed by atoms with Gasteiger partial charge in [0.05, 0.1) is 11.2 Å². The number of benzene rings is 1. The van der Waals surface area contributed by atoms with Crippen LogP contribution in [0.25, 0.3) is 0 Å². The molecule has 6 heteroatoms. The van der Waals surface area contributed by atoms with Gasteiger partial charge in [-0.15, -0.1) is 0 Å². The van der Waals surface area contributed by atoms with Crippen molar-refractivity contribution < 1.29 is 18.8 Å². The van der Waals surface area contributed by atoms with E-state index in [9.17, 15) is 4.79 Å². The highest BCUT2D eigenvalue weighted by molar-refractivity contribution is 6.62. The average Bonchev–Trinajstić information content (AvgIpc) is 2.66. The van der Waals surface area contributed by atoms with Crippen molar-refractivity contribution in [3.8, 4) is 5.75 Å². The molecule has 1 aliphatic heterocycles. The summed E-state index contributed by atoms with van der Waals surface area (Å²) in [6, 6.07) is 7.43. The van der Waals surface area contributed by atoms with Crippen LogP contribution in [0.5, 0.6) is 5.75 Å². The summed E-state index contributed by atoms with van der Waals surface area (Å²) in [5, 5.41) is 2.69. The SMILES string of the molecule is CCNC(=O)COc1ccc(B2OC(C)(C)C(C)(C)O2)cc1. The molecule has 0 radical (unpaired) electrons. The van der Waals surface area contributed by atoms with Crippen LogP contribution in [0, 0.1) is 0 Å². The first-order valence-corrected chi connectivity index (χ1v) is 7.60. The quantitative estimate of drug-likeness (QED) is 0.838. The Hall–Kier alpha value is -1.53. The number of nitrogens with one attached hydrogen (secondary N) is 1. The van der Waals surface area contributed by atoms with E-state index in [1.165, 1.54) is 0 Å². The Bertz CT molecular complexity index is 511. The van der Waals surface area contributed by atoms with Gasteiger partial charge in [-0.05, 0) is 52.2 Å². The minimum Gasteiger partial charge on any atom is -0.484 e. The topological polar surface area (TPSA) is 56.8 Å². The predicted octanol–water partition coefficient (Wildman–Crippen LogP) is 1.50. The van der Waals surface area contributed by atoms with Gasteiger partial charge in [0.2, 0.25) is 0 Å². The first kappa shape index (κ1) is 16.8. The Balaban J connectivity index is 1.97. The Morgan fingerprint density at radius 3 is 2.18 bits per heavy atom. The fourth-order valence-corrected chi connectivity index (χ4v) is 2.10. The van der Waals surface area contributed by atoms with Gasteiger partial charge in [0.15, 0.2) is 6.61 Å². The van der Waals surface area contributed by atoms with Crippen LogP contribution in [0.4, 0.5) is 0 Å². The average molecular weight is 305 g/mol. The van der Waals surface area contributed by atoms with Crippen LogP contribution in [-0.4, -0.2) is 37.4 Å². The van der Waals surface area contributed by atoms with Crippen LogP contribution in [-0.2, 0) is 14.1 Å². The van der Waals surface area contributed by atoms with Crippen molar-refractivity contribution >= 4 is 18.5 Å². The minimum atomic E-state index is -0.387. The molecule has 1 saturated heterocycles. The molecule has 1 aliphatic rings. The fraction of sp³-hybridized carbons (Fsp3) is 0.562. The molecule has 0 unspecified atom stereocenters. The zero-order valence-electron chi connectivity index (χ0n) is 13.9. The van der Waals surface area contributed by atoms with Crippen molar-refractivity contribution in [1.82, 2.24) is 5.32 Å². The van der Waals surface area contributed by atoms with E-state index in [-0.39, 0.29) is 30.8 Å². The van der Waals surface area contributed by atoms with Gasteiger partial charge in [0.1, 0.15) is 5.75 Å². The van der Waals surface area contributed by atoms with E-state index in [0.717, 1.165) is 5.46 Å². The van der Waals surface area contributed by atoms with Crippen molar-refractivity contribution in [3.05, 3.63) is 24.3 Å². The van der Waals surface area contributed by atoms with Crippen LogP contribution in [0.15, 0.2) is 24.3 Å². The van der Waals surface area contributed by atoms with Gasteiger partial charge in [-0.25, -0.2) is 0 Å². The van der Waals surface area contributed by atoms with Gasteiger partial charge < -0.3 is 19.4 Å². The highest BCUT2D eigenvalue weighted by Crippen LogP contribution is 2.36. The molecule has 0 aliphatic carbocycles. The molecule has 2 rings (SSSR count). The van der Waals surface area contributed by atoms with Crippen molar-refractivity contribution in [2.24, 2.45) is 0 Å². The Morgan fingerprint density at radius 2 is 1.68 bits per heavy atom. The van der Waals surface area contributed by atoms with E-state index < -0.39 is 0 Å². The third kappa shape index (κ3) is 3.62. The van der Waals surface area contributed by atoms with Crippen LogP contribution < -0.4 is 15.5 Å². The van der Waals surface area contributed by atoms with Crippen LogP contribution in [0.2, 0.25) is 0 Å². The largest absolute Gasteiger partial charge is 0.494 e. The summed E-state index contributed by atoms with van der Waals surface area (Å²) in [7, 11) is -0.387. The molecule has 120 valence electrons. The monoisotopic (exact) mass is 305 g/mol. The zero-order valence-corrected chi connectivity index (χ0v) is 13.9. The molecule has 0 atom stereocenters. The number of hydrogen-bond acceptors (Lipinski definition) is 4. The van der Waals surface area contributed by atoms with Gasteiger partial charge in [-0.3, -0.25) is 4.79 Å². The first-order valence-electron chi connectivity index (χ1n) is 7.60. The molecule has 0 bridgehead atoms. The predicted molar refractivity (Wildman–Crippen MR) is 86.3 cm³/mol. The summed E-state index contributed by atoms with van der Waals surface area (Å²) in [4.78, 5) is 11.4. The lowest BCUT2D eigenvalue weighted by Gasteiger charge is -2.32. The van der Waals surface area contributed by atoms with Gasteiger partial charge in [-0.2, -0.15) is 0 Å². The van der Waals surface area contributed by atoms with Crippen LogP contribution >= 0.6 is 0 Å². The molecule has 0 saturated carbocycles. The van der Waals surface area contributed by atoms with Gasteiger partial charge >= 0.3 is 7.12 Å². The summed E-state index contributed by atoms with van der Waals surface area (Å²) in [5.74, 6) is 0.518. The van der Waals surface area contributed by atoms with E-state index in [0.29, 0.717) is 12.3 Å². The van der Waals surface area contributed by atoms with Crippen LogP contribution in [0.1, 0.15) is 34.6 Å². The molecule has 1 fully saturated rings. The maximum atomic E-state index is 11.4. The fourth-order valence-electron chi connectivity index (χ4n) is 2.10. The standard InChI is InChI=1S/C16H24BNO4/c1-6-18-14(19)11-20-13-9-7-12(8-10-13)17-21-15(2,3)16(4,5)22-17/h7-10H,6,11H2,1-5H3,(H,18,19). The van der Waals surface area contributed by atoms with Crippen molar-refractivity contribution in [3.63, 3.8) is 0 Å². The summed E-state index contributed by atoms with van der Waals surface area (Å²) in [6.07, 6.45) is 0. The second kappa shape index (κ2) is 6.30. The molecule has 5 nitrogen and oxygen atoms in total. The normalized spacial score (nSPS) is 19.0. The third-order valence-corrected chi connectivity index (χ3v) is 4.15. The number of hydrogen-bond donors (Lipinski definition) is 1. The highest BCUT2D eigenvalue weighted by atomic mass is 16.7. The molecule has 0 aromatic heterocycles. The summed E-state index contributed by atoms with van der Waals surface area (Å²) in [5.41, 5.74) is 0.222. The lowest BCUT2D eigenvalue weighted by molar-refractivity contribution is -0.122. The number of carbonyl (C=O) groups excluding carboxylic acids is 1. The Labute approximate surface area is 132 Å². The second-order valence-electron chi connectivity index (χ2n) is 6.40. The van der Waals surface area contributed by atoms with E-state index >= 15 is 0 Å². The van der Waals surface area contributed by atoms with Gasteiger partial charge in [0.25, 0.3) is 5.91 Å². The highest BCUT2D eigenvalue weighted by Gasteiger charge is 2.51. The molecule has 22 heavy (non-hydrogen) atoms. The van der Waals surface area contributed by atoms with Crippen molar-refractivity contribution in [2.75, 3.05) is 13.2 Å². The van der Waals surface area contributed by atoms with Crippen molar-refractivity contribution in [1.29, 1.82) is 0 Å². The molecule has 1 amide bonds. The lowest BCUT2D eigenvalue weighted by atomic mass is 9.79. The van der Waals surface area contributed by atoms with E-state index in [4.69, 9.17) is 14.0 Å². The summed E-state index contributed by atoms with van der Waals surface area (Å²) >= 11 is 0. The van der Waals surface area contributed by atoms with Crippen LogP contribution in [0.3, 0.4) is 0 Å². The summed E-state index contributed by atoms with van der Waals surface area (Å²) in [6.45, 7) is 10.6. The first-order chi connectivity index (χ1) is 10.2. The zero-order chi connectivity index (χ0) is 16.4. The van der Waals surface area contributed by atoms with Gasteiger partial charge in [0, 0.05) is 6.54 Å². The Kier molecular flexibility index (Phi) is 4.82. The van der Waals surface area contributed by atoms with E-state index in [1.54, 1.807) is 0 Å². The molecule has 1 N–H and O–H groups in total. The number of ether oxygens (including phenoxy) is 1. The number of rotatable bonds is 5. The minimum absolute atomic E-state index is 0.0175. The van der Waals surface area contributed by atoms with Crippen molar-refractivity contribution in [2.45, 2.75) is 45.8 Å². The van der Waals surface area contributed by atoms with E-state index in [2.05, 4.69) is 5.32 Å². The lowest BCUT2D eigenvalue weighted by Crippen LogP contribution is -2.41. The number of likely N-dealkylation sites (N-methyl/N-ethyl adjacent to an activating group) is 1. The summed E-state index contributed by atoms with van der Waals surface area (Å²) < 4.78 is 17.4. The number of carbonyl (C=O) groups is 1. The Morgan fingerprint density at radius 1 is 1.14 bits per heavy atom. The second-order valence-corrected chi connectivity index (χ2v) is 6.40. The number of amides is 1. The molecule has 0 spiro atoms. The maximum absolute atomic E-state index is 11.4. The third-order valence-electron chi connectivity index (χ3n) is 4.15. The molecule has 1 aromatic rings. The smallest absolute Gasteiger partial charge is 0.484 e. The molecular formula is C16H24BNO4. The molecule has 1 heterocycles. The molecular weight excluding hydrogens is 281 g/mol.